The number of carbonyl (C=O) groups is 1. The Hall–Kier alpha value is -3.26. The van der Waals surface area contributed by atoms with Crippen LogP contribution in [0.4, 0.5) is 10.1 Å². The summed E-state index contributed by atoms with van der Waals surface area (Å²) in [5.74, 6) is -0.265. The maximum absolute atomic E-state index is 14.2. The molecule has 31 heavy (non-hydrogen) atoms. The van der Waals surface area contributed by atoms with E-state index in [2.05, 4.69) is 5.10 Å². The Balaban J connectivity index is 1.47. The molecule has 3 aromatic heterocycles. The summed E-state index contributed by atoms with van der Waals surface area (Å²) >= 11 is 1.59. The van der Waals surface area contributed by atoms with Crippen LogP contribution in [-0.2, 0) is 7.05 Å². The summed E-state index contributed by atoms with van der Waals surface area (Å²) in [6.45, 7) is 4.15. The lowest BCUT2D eigenvalue weighted by Gasteiger charge is -2.36. The van der Waals surface area contributed by atoms with Crippen molar-refractivity contribution in [3.63, 3.8) is 0 Å². The Morgan fingerprint density at radius 3 is 2.58 bits per heavy atom. The first-order chi connectivity index (χ1) is 15.0. The number of para-hydroxylation sites is 1. The van der Waals surface area contributed by atoms with Crippen molar-refractivity contribution in [2.75, 3.05) is 31.1 Å². The molecule has 1 aromatic carbocycles. The van der Waals surface area contributed by atoms with Gasteiger partial charge in [0.25, 0.3) is 5.91 Å². The van der Waals surface area contributed by atoms with Crippen molar-refractivity contribution in [1.29, 1.82) is 0 Å². The average molecular weight is 436 g/mol. The summed E-state index contributed by atoms with van der Waals surface area (Å²) in [6.07, 6.45) is 0. The van der Waals surface area contributed by atoms with E-state index >= 15 is 0 Å². The highest BCUT2D eigenvalue weighted by atomic mass is 32.1. The van der Waals surface area contributed by atoms with Gasteiger partial charge in [-0.15, -0.1) is 11.3 Å². The van der Waals surface area contributed by atoms with E-state index in [1.165, 1.54) is 6.07 Å². The molecule has 4 aromatic rings. The summed E-state index contributed by atoms with van der Waals surface area (Å²) in [5, 5.41) is 7.29. The second-order valence-corrected chi connectivity index (χ2v) is 8.62. The van der Waals surface area contributed by atoms with Gasteiger partial charge < -0.3 is 9.80 Å². The van der Waals surface area contributed by atoms with E-state index in [9.17, 15) is 9.18 Å². The minimum absolute atomic E-state index is 0.0329. The molecular formula is C23H22FN5OS. The smallest absolute Gasteiger partial charge is 0.254 e. The van der Waals surface area contributed by atoms with E-state index < -0.39 is 0 Å². The van der Waals surface area contributed by atoms with Crippen LogP contribution in [0.15, 0.2) is 47.8 Å². The molecule has 0 atom stereocenters. The lowest BCUT2D eigenvalue weighted by Crippen LogP contribution is -2.49. The largest absolute Gasteiger partial charge is 0.366 e. The fourth-order valence-electron chi connectivity index (χ4n) is 4.19. The summed E-state index contributed by atoms with van der Waals surface area (Å²) in [4.78, 5) is 23.2. The molecule has 0 bridgehead atoms. The number of aromatic nitrogens is 3. The molecule has 5 rings (SSSR count). The lowest BCUT2D eigenvalue weighted by molar-refractivity contribution is 0.0748. The molecule has 0 saturated carbocycles. The van der Waals surface area contributed by atoms with Crippen molar-refractivity contribution in [2.45, 2.75) is 6.92 Å². The van der Waals surface area contributed by atoms with E-state index in [-0.39, 0.29) is 11.7 Å². The van der Waals surface area contributed by atoms with Crippen LogP contribution in [0.5, 0.6) is 0 Å². The minimum atomic E-state index is -0.232. The molecule has 1 saturated heterocycles. The third-order valence-corrected chi connectivity index (χ3v) is 6.63. The number of rotatable bonds is 3. The number of pyridine rings is 1. The van der Waals surface area contributed by atoms with Gasteiger partial charge in [-0.1, -0.05) is 18.2 Å². The number of thiophene rings is 1. The van der Waals surface area contributed by atoms with Crippen molar-refractivity contribution in [1.82, 2.24) is 19.7 Å². The van der Waals surface area contributed by atoms with Gasteiger partial charge in [0.1, 0.15) is 5.82 Å². The molecule has 0 unspecified atom stereocenters. The van der Waals surface area contributed by atoms with Crippen molar-refractivity contribution in [3.05, 3.63) is 64.9 Å². The van der Waals surface area contributed by atoms with Crippen LogP contribution in [0, 0.1) is 12.7 Å². The highest BCUT2D eigenvalue weighted by Crippen LogP contribution is 2.30. The third kappa shape index (κ3) is 3.46. The second-order valence-electron chi connectivity index (χ2n) is 7.67. The molecule has 0 aliphatic carbocycles. The van der Waals surface area contributed by atoms with E-state index in [1.807, 2.05) is 53.4 Å². The van der Waals surface area contributed by atoms with Gasteiger partial charge in [-0.2, -0.15) is 5.10 Å². The first-order valence-electron chi connectivity index (χ1n) is 10.2. The lowest BCUT2D eigenvalue weighted by atomic mass is 10.1. The van der Waals surface area contributed by atoms with Crippen LogP contribution in [0.25, 0.3) is 21.6 Å². The normalized spacial score (nSPS) is 14.4. The van der Waals surface area contributed by atoms with Crippen LogP contribution in [0.2, 0.25) is 0 Å². The molecule has 4 heterocycles. The van der Waals surface area contributed by atoms with Crippen molar-refractivity contribution >= 4 is 34.0 Å². The zero-order valence-corrected chi connectivity index (χ0v) is 18.2. The number of halogens is 1. The van der Waals surface area contributed by atoms with Gasteiger partial charge in [-0.05, 0) is 36.6 Å². The van der Waals surface area contributed by atoms with Gasteiger partial charge >= 0.3 is 0 Å². The van der Waals surface area contributed by atoms with Crippen LogP contribution in [-0.4, -0.2) is 51.8 Å². The predicted molar refractivity (Wildman–Crippen MR) is 121 cm³/mol. The number of piperazine rings is 1. The number of hydrogen-bond donors (Lipinski definition) is 0. The number of aryl methyl sites for hydroxylation is 2. The predicted octanol–water partition coefficient (Wildman–Crippen LogP) is 4.11. The highest BCUT2D eigenvalue weighted by Gasteiger charge is 2.27. The Morgan fingerprint density at radius 2 is 1.87 bits per heavy atom. The molecule has 0 spiro atoms. The van der Waals surface area contributed by atoms with Crippen molar-refractivity contribution in [3.8, 4) is 10.6 Å². The SMILES string of the molecule is Cc1nn(C)c2nc(-c3cccs3)cc(C(=O)N3CCN(c4ccccc4F)CC3)c12. The van der Waals surface area contributed by atoms with E-state index in [0.717, 1.165) is 21.7 Å². The monoisotopic (exact) mass is 435 g/mol. The topological polar surface area (TPSA) is 54.3 Å². The van der Waals surface area contributed by atoms with Crippen LogP contribution < -0.4 is 4.90 Å². The average Bonchev–Trinajstić information content (AvgIpc) is 3.42. The second kappa shape index (κ2) is 7.77. The molecule has 1 amide bonds. The number of anilines is 1. The number of fused-ring (bicyclic) bond motifs is 1. The first kappa shape index (κ1) is 19.7. The zero-order chi connectivity index (χ0) is 21.5. The molecular weight excluding hydrogens is 413 g/mol. The standard InChI is InChI=1S/C23H22FN5OS/c1-15-21-16(14-18(20-8-5-13-31-20)25-22(21)27(2)26-15)23(30)29-11-9-28(10-12-29)19-7-4-3-6-17(19)24/h3-8,13-14H,9-12H2,1-2H3. The van der Waals surface area contributed by atoms with Crippen molar-refractivity contribution in [2.24, 2.45) is 7.05 Å². The van der Waals surface area contributed by atoms with E-state index in [4.69, 9.17) is 4.98 Å². The maximum atomic E-state index is 14.2. The highest BCUT2D eigenvalue weighted by molar-refractivity contribution is 7.13. The minimum Gasteiger partial charge on any atom is -0.366 e. The molecule has 1 aliphatic rings. The molecule has 0 N–H and O–H groups in total. The van der Waals surface area contributed by atoms with E-state index in [0.29, 0.717) is 43.1 Å². The Bertz CT molecular complexity index is 1260. The number of amides is 1. The zero-order valence-electron chi connectivity index (χ0n) is 17.4. The Kier molecular flexibility index (Phi) is 4.94. The van der Waals surface area contributed by atoms with E-state index in [1.54, 1.807) is 28.2 Å². The summed E-state index contributed by atoms with van der Waals surface area (Å²) in [7, 11) is 1.85. The maximum Gasteiger partial charge on any atom is 0.254 e. The Morgan fingerprint density at radius 1 is 1.10 bits per heavy atom. The number of nitrogens with zero attached hydrogens (tertiary/aromatic N) is 5. The first-order valence-corrected chi connectivity index (χ1v) is 11.1. The Labute approximate surface area is 183 Å². The summed E-state index contributed by atoms with van der Waals surface area (Å²) in [5.41, 5.74) is 3.48. The molecule has 0 radical (unpaired) electrons. The molecule has 1 aliphatic heterocycles. The van der Waals surface area contributed by atoms with Gasteiger partial charge in [0.15, 0.2) is 5.65 Å². The number of carbonyl (C=O) groups excluding carboxylic acids is 1. The van der Waals surface area contributed by atoms with Gasteiger partial charge in [0.2, 0.25) is 0 Å². The van der Waals surface area contributed by atoms with Crippen LogP contribution in [0.3, 0.4) is 0 Å². The van der Waals surface area contributed by atoms with Gasteiger partial charge in [-0.25, -0.2) is 9.37 Å². The third-order valence-electron chi connectivity index (χ3n) is 5.73. The summed E-state index contributed by atoms with van der Waals surface area (Å²) in [6, 6.07) is 12.6. The van der Waals surface area contributed by atoms with Gasteiger partial charge in [0.05, 0.1) is 32.9 Å². The molecule has 6 nitrogen and oxygen atoms in total. The number of benzene rings is 1. The van der Waals surface area contributed by atoms with Crippen LogP contribution in [0.1, 0.15) is 16.1 Å². The number of hydrogen-bond acceptors (Lipinski definition) is 5. The molecule has 158 valence electrons. The summed E-state index contributed by atoms with van der Waals surface area (Å²) < 4.78 is 15.9. The molecule has 8 heteroatoms. The van der Waals surface area contributed by atoms with Crippen LogP contribution >= 0.6 is 11.3 Å². The molecule has 1 fully saturated rings. The fourth-order valence-corrected chi connectivity index (χ4v) is 4.88. The quantitative estimate of drug-likeness (QED) is 0.486. The van der Waals surface area contributed by atoms with Gasteiger partial charge in [0, 0.05) is 33.2 Å². The van der Waals surface area contributed by atoms with Gasteiger partial charge in [-0.3, -0.25) is 9.48 Å². The van der Waals surface area contributed by atoms with Crippen molar-refractivity contribution < 1.29 is 9.18 Å². The fraction of sp³-hybridized carbons (Fsp3) is 0.261.